The summed E-state index contributed by atoms with van der Waals surface area (Å²) in [4.78, 5) is 11.2. The minimum Gasteiger partial charge on any atom is -0.463 e. The summed E-state index contributed by atoms with van der Waals surface area (Å²) < 4.78 is 43.1. The van der Waals surface area contributed by atoms with Crippen molar-refractivity contribution in [3.63, 3.8) is 0 Å². The molecule has 0 fully saturated rings. The van der Waals surface area contributed by atoms with Crippen LogP contribution in [-0.2, 0) is 9.53 Å². The first-order valence-corrected chi connectivity index (χ1v) is 5.19. The number of carbonyl (C=O) groups is 1. The monoisotopic (exact) mass is 259 g/mol. The summed E-state index contributed by atoms with van der Waals surface area (Å²) in [6.45, 7) is 5.25. The van der Waals surface area contributed by atoms with E-state index in [-0.39, 0.29) is 24.4 Å². The van der Waals surface area contributed by atoms with Crippen LogP contribution in [0, 0.1) is 17.5 Å². The molecule has 0 saturated heterocycles. The van der Waals surface area contributed by atoms with Crippen molar-refractivity contribution in [3.8, 4) is 0 Å². The van der Waals surface area contributed by atoms with E-state index in [9.17, 15) is 18.0 Å². The molecule has 98 valence electrons. The van der Waals surface area contributed by atoms with E-state index in [2.05, 4.69) is 16.6 Å². The Hall–Kier alpha value is -1.98. The maximum Gasteiger partial charge on any atom is 0.335 e. The molecule has 0 bridgehead atoms. The Morgan fingerprint density at radius 2 is 1.89 bits per heavy atom. The Morgan fingerprint density at radius 1 is 1.33 bits per heavy atom. The molecule has 6 heteroatoms. The van der Waals surface area contributed by atoms with Gasteiger partial charge in [-0.15, -0.1) is 0 Å². The number of rotatable bonds is 5. The van der Waals surface area contributed by atoms with Gasteiger partial charge in [0, 0.05) is 29.9 Å². The van der Waals surface area contributed by atoms with Gasteiger partial charge in [0.25, 0.3) is 0 Å². The van der Waals surface area contributed by atoms with Gasteiger partial charge in [-0.1, -0.05) is 6.58 Å². The number of benzene rings is 1. The molecule has 0 aliphatic rings. The van der Waals surface area contributed by atoms with E-state index in [1.54, 1.807) is 6.92 Å². The normalized spacial score (nSPS) is 10.0. The van der Waals surface area contributed by atoms with Crippen LogP contribution in [0.1, 0.15) is 6.92 Å². The molecule has 0 heterocycles. The first kappa shape index (κ1) is 14.1. The van der Waals surface area contributed by atoms with Crippen LogP contribution >= 0.6 is 0 Å². The lowest BCUT2D eigenvalue weighted by Crippen LogP contribution is -2.15. The third-order valence-electron chi connectivity index (χ3n) is 2.05. The van der Waals surface area contributed by atoms with Crippen molar-refractivity contribution in [2.24, 2.45) is 0 Å². The largest absolute Gasteiger partial charge is 0.463 e. The second kappa shape index (κ2) is 6.09. The fraction of sp³-hybridized carbons (Fsp3) is 0.250. The number of hydrogen-bond acceptors (Lipinski definition) is 3. The van der Waals surface area contributed by atoms with E-state index in [0.29, 0.717) is 0 Å². The van der Waals surface area contributed by atoms with Gasteiger partial charge < -0.3 is 10.1 Å². The highest BCUT2D eigenvalue weighted by atomic mass is 19.2. The number of ether oxygens (including phenoxy) is 1. The number of hydrogen-bond donors (Lipinski definition) is 1. The zero-order valence-electron chi connectivity index (χ0n) is 9.73. The second-order valence-corrected chi connectivity index (χ2v) is 3.43. The van der Waals surface area contributed by atoms with Gasteiger partial charge in [0.2, 0.25) is 0 Å². The predicted octanol–water partition coefficient (Wildman–Crippen LogP) is 2.64. The van der Waals surface area contributed by atoms with Crippen molar-refractivity contribution in [2.45, 2.75) is 6.92 Å². The fourth-order valence-electron chi connectivity index (χ4n) is 1.17. The van der Waals surface area contributed by atoms with Crippen molar-refractivity contribution in [3.05, 3.63) is 41.7 Å². The lowest BCUT2D eigenvalue weighted by atomic mass is 10.2. The Bertz CT molecular complexity index is 451. The van der Waals surface area contributed by atoms with Gasteiger partial charge >= 0.3 is 5.97 Å². The molecule has 0 spiro atoms. The smallest absolute Gasteiger partial charge is 0.335 e. The molecule has 0 atom stereocenters. The van der Waals surface area contributed by atoms with Crippen LogP contribution in [0.25, 0.3) is 0 Å². The summed E-state index contributed by atoms with van der Waals surface area (Å²) in [5.74, 6) is -4.75. The standard InChI is InChI=1S/C12H12F3NO2/c1-3-18-12(17)7(2)6-16-8-4-9(13)11(15)10(14)5-8/h4-5,16H,2-3,6H2,1H3. The van der Waals surface area contributed by atoms with Crippen LogP contribution in [0.3, 0.4) is 0 Å². The molecule has 1 N–H and O–H groups in total. The molecule has 0 saturated carbocycles. The summed E-state index contributed by atoms with van der Waals surface area (Å²) >= 11 is 0. The predicted molar refractivity (Wildman–Crippen MR) is 60.6 cm³/mol. The molecule has 1 aromatic rings. The van der Waals surface area contributed by atoms with Crippen molar-refractivity contribution in [2.75, 3.05) is 18.5 Å². The van der Waals surface area contributed by atoms with Crippen molar-refractivity contribution in [1.82, 2.24) is 0 Å². The van der Waals surface area contributed by atoms with Crippen LogP contribution in [0.5, 0.6) is 0 Å². The van der Waals surface area contributed by atoms with Crippen LogP contribution in [0.4, 0.5) is 18.9 Å². The number of carbonyl (C=O) groups excluding carboxylic acids is 1. The highest BCUT2D eigenvalue weighted by Gasteiger charge is 2.12. The molecule has 0 amide bonds. The third kappa shape index (κ3) is 3.51. The quantitative estimate of drug-likeness (QED) is 0.502. The van der Waals surface area contributed by atoms with Gasteiger partial charge in [-0.3, -0.25) is 0 Å². The molecular weight excluding hydrogens is 247 g/mol. The summed E-state index contributed by atoms with van der Waals surface area (Å²) in [6.07, 6.45) is 0. The van der Waals surface area contributed by atoms with E-state index in [1.807, 2.05) is 0 Å². The van der Waals surface area contributed by atoms with Gasteiger partial charge in [-0.25, -0.2) is 18.0 Å². The number of halogens is 3. The number of anilines is 1. The Morgan fingerprint density at radius 3 is 2.39 bits per heavy atom. The maximum absolute atomic E-state index is 12.9. The van der Waals surface area contributed by atoms with Gasteiger partial charge in [0.15, 0.2) is 17.5 Å². The average Bonchev–Trinajstić information content (AvgIpc) is 2.33. The molecule has 0 aliphatic carbocycles. The van der Waals surface area contributed by atoms with Crippen molar-refractivity contribution >= 4 is 11.7 Å². The van der Waals surface area contributed by atoms with Crippen molar-refractivity contribution in [1.29, 1.82) is 0 Å². The van der Waals surface area contributed by atoms with Gasteiger partial charge in [-0.05, 0) is 6.92 Å². The topological polar surface area (TPSA) is 38.3 Å². The minimum absolute atomic E-state index is 0.0110. The van der Waals surface area contributed by atoms with E-state index in [4.69, 9.17) is 0 Å². The Balaban J connectivity index is 2.64. The molecule has 0 radical (unpaired) electrons. The first-order valence-electron chi connectivity index (χ1n) is 5.19. The molecule has 0 aromatic heterocycles. The van der Waals surface area contributed by atoms with E-state index in [1.165, 1.54) is 0 Å². The molecule has 1 rings (SSSR count). The Kier molecular flexibility index (Phi) is 4.76. The SMILES string of the molecule is C=C(CNc1cc(F)c(F)c(F)c1)C(=O)OCC. The van der Waals surface area contributed by atoms with Crippen molar-refractivity contribution < 1.29 is 22.7 Å². The van der Waals surface area contributed by atoms with E-state index < -0.39 is 23.4 Å². The summed E-state index contributed by atoms with van der Waals surface area (Å²) in [5.41, 5.74) is 0.110. The molecule has 0 aliphatic heterocycles. The van der Waals surface area contributed by atoms with E-state index >= 15 is 0 Å². The average molecular weight is 259 g/mol. The highest BCUT2D eigenvalue weighted by molar-refractivity contribution is 5.88. The van der Waals surface area contributed by atoms with Crippen LogP contribution < -0.4 is 5.32 Å². The summed E-state index contributed by atoms with van der Waals surface area (Å²) in [7, 11) is 0. The fourth-order valence-corrected chi connectivity index (χ4v) is 1.17. The zero-order valence-corrected chi connectivity index (χ0v) is 9.73. The van der Waals surface area contributed by atoms with Crippen LogP contribution in [0.15, 0.2) is 24.3 Å². The second-order valence-electron chi connectivity index (χ2n) is 3.43. The lowest BCUT2D eigenvalue weighted by Gasteiger charge is -2.09. The highest BCUT2D eigenvalue weighted by Crippen LogP contribution is 2.17. The minimum atomic E-state index is -1.54. The molecule has 1 aromatic carbocycles. The lowest BCUT2D eigenvalue weighted by molar-refractivity contribution is -0.138. The van der Waals surface area contributed by atoms with Gasteiger partial charge in [0.05, 0.1) is 6.61 Å². The number of esters is 1. The third-order valence-corrected chi connectivity index (χ3v) is 2.05. The van der Waals surface area contributed by atoms with Gasteiger partial charge in [0.1, 0.15) is 0 Å². The van der Waals surface area contributed by atoms with E-state index in [0.717, 1.165) is 12.1 Å². The number of nitrogens with one attached hydrogen (secondary N) is 1. The molecular formula is C12H12F3NO2. The molecule has 3 nitrogen and oxygen atoms in total. The maximum atomic E-state index is 12.9. The summed E-state index contributed by atoms with van der Waals surface area (Å²) in [6, 6.07) is 1.58. The molecule has 0 unspecified atom stereocenters. The zero-order chi connectivity index (χ0) is 13.7. The first-order chi connectivity index (χ1) is 8.45. The van der Waals surface area contributed by atoms with Gasteiger partial charge in [-0.2, -0.15) is 0 Å². The summed E-state index contributed by atoms with van der Waals surface area (Å²) in [5, 5.41) is 2.55. The Labute approximate surface area is 102 Å². The molecule has 18 heavy (non-hydrogen) atoms. The van der Waals surface area contributed by atoms with Crippen LogP contribution in [-0.4, -0.2) is 19.1 Å². The van der Waals surface area contributed by atoms with Crippen LogP contribution in [0.2, 0.25) is 0 Å².